The first kappa shape index (κ1) is 11.3. The molecule has 72 valence electrons. The fourth-order valence-corrected chi connectivity index (χ4v) is 1.48. The molecule has 0 aliphatic heterocycles. The number of hydrogen-bond acceptors (Lipinski definition) is 5. The van der Waals surface area contributed by atoms with Gasteiger partial charge in [0.15, 0.2) is 15.9 Å². The van der Waals surface area contributed by atoms with E-state index in [2.05, 4.69) is 0 Å². The lowest BCUT2D eigenvalue weighted by atomic mass is 10.2. The second kappa shape index (κ2) is 3.83. The van der Waals surface area contributed by atoms with Gasteiger partial charge in [0, 0.05) is 6.26 Å². The molecule has 0 aromatic rings. The molecule has 0 amide bonds. The van der Waals surface area contributed by atoms with E-state index in [1.807, 2.05) is 0 Å². The van der Waals surface area contributed by atoms with E-state index < -0.39 is 33.8 Å². The Kier molecular flexibility index (Phi) is 3.62. The summed E-state index contributed by atoms with van der Waals surface area (Å²) in [4.78, 5) is 10.1. The normalized spacial score (nSPS) is 16.9. The van der Waals surface area contributed by atoms with Crippen molar-refractivity contribution < 1.29 is 28.5 Å². The minimum absolute atomic E-state index is 0.750. The molecule has 0 aromatic heterocycles. The van der Waals surface area contributed by atoms with Gasteiger partial charge in [0.05, 0.1) is 6.61 Å². The van der Waals surface area contributed by atoms with Crippen molar-refractivity contribution in [1.82, 2.24) is 0 Å². The summed E-state index contributed by atoms with van der Waals surface area (Å²) in [6, 6.07) is 0. The Bertz CT molecular complexity index is 255. The second-order valence-corrected chi connectivity index (χ2v) is 4.60. The third kappa shape index (κ3) is 2.76. The average molecular weight is 198 g/mol. The van der Waals surface area contributed by atoms with E-state index in [-0.39, 0.29) is 0 Å². The Morgan fingerprint density at radius 1 is 1.50 bits per heavy atom. The average Bonchev–Trinajstić information content (AvgIpc) is 1.85. The molecule has 0 fully saturated rings. The number of rotatable bonds is 4. The molecular formula is C5H10O6S. The van der Waals surface area contributed by atoms with Gasteiger partial charge >= 0.3 is 5.97 Å². The van der Waals surface area contributed by atoms with Crippen LogP contribution in [-0.4, -0.2) is 53.9 Å². The fourth-order valence-electron chi connectivity index (χ4n) is 0.628. The van der Waals surface area contributed by atoms with Gasteiger partial charge in [-0.2, -0.15) is 0 Å². The molecule has 2 atom stereocenters. The molecule has 12 heavy (non-hydrogen) atoms. The van der Waals surface area contributed by atoms with Crippen LogP contribution < -0.4 is 0 Å². The monoisotopic (exact) mass is 198 g/mol. The highest BCUT2D eigenvalue weighted by atomic mass is 32.2. The second-order valence-electron chi connectivity index (χ2n) is 2.33. The number of sulfone groups is 1. The highest BCUT2D eigenvalue weighted by Gasteiger charge is 2.33. The van der Waals surface area contributed by atoms with Crippen LogP contribution >= 0.6 is 0 Å². The van der Waals surface area contributed by atoms with Crippen LogP contribution in [0.25, 0.3) is 0 Å². The van der Waals surface area contributed by atoms with Crippen LogP contribution in [0, 0.1) is 0 Å². The molecule has 2 unspecified atom stereocenters. The molecule has 0 heterocycles. The van der Waals surface area contributed by atoms with Crippen molar-refractivity contribution in [1.29, 1.82) is 0 Å². The van der Waals surface area contributed by atoms with E-state index in [0.717, 1.165) is 6.26 Å². The lowest BCUT2D eigenvalue weighted by Crippen LogP contribution is -2.41. The van der Waals surface area contributed by atoms with Gasteiger partial charge in [-0.05, 0) is 0 Å². The number of aliphatic hydroxyl groups excluding tert-OH is 2. The standard InChI is InChI=1S/C5H10O6S/c1-12(10,11)3(2-6)4(7)5(8)9/h3-4,6-7H,2H2,1H3,(H,8,9). The predicted molar refractivity (Wildman–Crippen MR) is 39.4 cm³/mol. The molecule has 0 radical (unpaired) electrons. The van der Waals surface area contributed by atoms with E-state index in [9.17, 15) is 13.2 Å². The fraction of sp³-hybridized carbons (Fsp3) is 0.800. The smallest absolute Gasteiger partial charge is 0.333 e. The topological polar surface area (TPSA) is 112 Å². The van der Waals surface area contributed by atoms with E-state index >= 15 is 0 Å². The molecule has 0 saturated carbocycles. The number of aliphatic carboxylic acids is 1. The maximum Gasteiger partial charge on any atom is 0.333 e. The summed E-state index contributed by atoms with van der Waals surface area (Å²) in [5.41, 5.74) is 0. The van der Waals surface area contributed by atoms with Gasteiger partial charge in [0.25, 0.3) is 0 Å². The van der Waals surface area contributed by atoms with Crippen LogP contribution in [0.1, 0.15) is 0 Å². The van der Waals surface area contributed by atoms with Gasteiger partial charge < -0.3 is 15.3 Å². The van der Waals surface area contributed by atoms with Crippen LogP contribution in [-0.2, 0) is 14.6 Å². The van der Waals surface area contributed by atoms with Crippen molar-refractivity contribution in [2.75, 3.05) is 12.9 Å². The molecule has 6 nitrogen and oxygen atoms in total. The summed E-state index contributed by atoms with van der Waals surface area (Å²) in [5.74, 6) is -1.67. The molecule has 3 N–H and O–H groups in total. The molecule has 0 aliphatic rings. The highest BCUT2D eigenvalue weighted by Crippen LogP contribution is 2.04. The number of carboxylic acids is 1. The van der Waals surface area contributed by atoms with Gasteiger partial charge in [-0.25, -0.2) is 13.2 Å². The lowest BCUT2D eigenvalue weighted by molar-refractivity contribution is -0.147. The summed E-state index contributed by atoms with van der Waals surface area (Å²) >= 11 is 0. The van der Waals surface area contributed by atoms with Gasteiger partial charge in [-0.1, -0.05) is 0 Å². The zero-order chi connectivity index (χ0) is 9.94. The summed E-state index contributed by atoms with van der Waals surface area (Å²) in [7, 11) is -3.74. The molecule has 0 rings (SSSR count). The summed E-state index contributed by atoms with van der Waals surface area (Å²) < 4.78 is 21.5. The first-order valence-corrected chi connectivity index (χ1v) is 4.96. The van der Waals surface area contributed by atoms with Crippen molar-refractivity contribution in [2.24, 2.45) is 0 Å². The quantitative estimate of drug-likeness (QED) is 0.474. The van der Waals surface area contributed by atoms with Crippen LogP contribution in [0.5, 0.6) is 0 Å². The third-order valence-electron chi connectivity index (χ3n) is 1.34. The van der Waals surface area contributed by atoms with Crippen molar-refractivity contribution in [2.45, 2.75) is 11.4 Å². The maximum absolute atomic E-state index is 10.7. The van der Waals surface area contributed by atoms with E-state index in [0.29, 0.717) is 0 Å². The third-order valence-corrected chi connectivity index (χ3v) is 2.84. The van der Waals surface area contributed by atoms with Gasteiger partial charge in [0.2, 0.25) is 0 Å². The first-order valence-electron chi connectivity index (χ1n) is 3.01. The number of carboxylic acid groups (broad SMARTS) is 1. The van der Waals surface area contributed by atoms with Gasteiger partial charge in [-0.3, -0.25) is 0 Å². The summed E-state index contributed by atoms with van der Waals surface area (Å²) in [5, 5.41) is 23.8. The van der Waals surface area contributed by atoms with Crippen molar-refractivity contribution in [3.8, 4) is 0 Å². The molecular weight excluding hydrogens is 188 g/mol. The van der Waals surface area contributed by atoms with E-state index in [1.165, 1.54) is 0 Å². The van der Waals surface area contributed by atoms with Crippen molar-refractivity contribution >= 4 is 15.8 Å². The van der Waals surface area contributed by atoms with Crippen LogP contribution in [0.2, 0.25) is 0 Å². The van der Waals surface area contributed by atoms with Gasteiger partial charge in [0.1, 0.15) is 5.25 Å². The van der Waals surface area contributed by atoms with Crippen LogP contribution in [0.15, 0.2) is 0 Å². The number of hydrogen-bond donors (Lipinski definition) is 3. The van der Waals surface area contributed by atoms with Gasteiger partial charge in [-0.15, -0.1) is 0 Å². The van der Waals surface area contributed by atoms with E-state index in [1.54, 1.807) is 0 Å². The summed E-state index contributed by atoms with van der Waals surface area (Å²) in [6.07, 6.45) is -1.33. The van der Waals surface area contributed by atoms with E-state index in [4.69, 9.17) is 15.3 Å². The van der Waals surface area contributed by atoms with Crippen LogP contribution in [0.3, 0.4) is 0 Å². The zero-order valence-electron chi connectivity index (χ0n) is 6.34. The Balaban J connectivity index is 4.70. The first-order chi connectivity index (χ1) is 5.30. The lowest BCUT2D eigenvalue weighted by Gasteiger charge is -2.14. The largest absolute Gasteiger partial charge is 0.479 e. The Morgan fingerprint density at radius 2 is 1.92 bits per heavy atom. The molecule has 0 spiro atoms. The Hall–Kier alpha value is -0.660. The molecule has 7 heteroatoms. The molecule has 0 aliphatic carbocycles. The van der Waals surface area contributed by atoms with Crippen molar-refractivity contribution in [3.05, 3.63) is 0 Å². The zero-order valence-corrected chi connectivity index (χ0v) is 7.15. The maximum atomic E-state index is 10.7. The number of carbonyl (C=O) groups is 1. The SMILES string of the molecule is CS(=O)(=O)C(CO)C(O)C(=O)O. The highest BCUT2D eigenvalue weighted by molar-refractivity contribution is 7.91. The number of aliphatic hydroxyl groups is 2. The molecule has 0 saturated heterocycles. The predicted octanol–water partition coefficient (Wildman–Crippen LogP) is -2.16. The van der Waals surface area contributed by atoms with Crippen LogP contribution in [0.4, 0.5) is 0 Å². The minimum atomic E-state index is -3.74. The molecule has 0 aromatic carbocycles. The Morgan fingerprint density at radius 3 is 2.00 bits per heavy atom. The summed E-state index contributed by atoms with van der Waals surface area (Å²) in [6.45, 7) is -0.910. The van der Waals surface area contributed by atoms with Crippen molar-refractivity contribution in [3.63, 3.8) is 0 Å². The minimum Gasteiger partial charge on any atom is -0.479 e. The molecule has 0 bridgehead atoms. The Labute approximate surface area is 69.4 Å².